The Kier molecular flexibility index (Phi) is 6.02. The van der Waals surface area contributed by atoms with E-state index in [9.17, 15) is 13.2 Å². The first-order chi connectivity index (χ1) is 17.6. The first kappa shape index (κ1) is 24.2. The summed E-state index contributed by atoms with van der Waals surface area (Å²) in [5.74, 6) is 0.191. The first-order valence-corrected chi connectivity index (χ1v) is 12.9. The number of carbonyl (C=O) groups excluding carboxylic acids is 1. The second-order valence-corrected chi connectivity index (χ2v) is 10.2. The lowest BCUT2D eigenvalue weighted by Gasteiger charge is -2.29. The zero-order valence-corrected chi connectivity index (χ0v) is 20.7. The Balaban J connectivity index is 1.47. The van der Waals surface area contributed by atoms with Gasteiger partial charge in [0.1, 0.15) is 11.6 Å². The molecule has 0 spiro atoms. The lowest BCUT2D eigenvalue weighted by Crippen LogP contribution is -2.38. The second-order valence-electron chi connectivity index (χ2n) is 8.65. The van der Waals surface area contributed by atoms with E-state index in [1.54, 1.807) is 64.2 Å². The summed E-state index contributed by atoms with van der Waals surface area (Å²) in [5.41, 5.74) is 10.1. The number of benzene rings is 3. The lowest BCUT2D eigenvalue weighted by atomic mass is 10.0. The van der Waals surface area contributed by atoms with Gasteiger partial charge in [-0.15, -0.1) is 0 Å². The molecule has 0 fully saturated rings. The fourth-order valence-electron chi connectivity index (χ4n) is 4.34. The number of nitrogens with two attached hydrogens (primary N) is 2. The van der Waals surface area contributed by atoms with Crippen LogP contribution in [0.4, 0.5) is 5.69 Å². The van der Waals surface area contributed by atoms with Crippen LogP contribution in [0.5, 0.6) is 5.75 Å². The summed E-state index contributed by atoms with van der Waals surface area (Å²) in [6.45, 7) is 1.96. The molecule has 188 valence electrons. The van der Waals surface area contributed by atoms with Crippen molar-refractivity contribution in [1.82, 2.24) is 9.78 Å². The van der Waals surface area contributed by atoms with Crippen LogP contribution in [0, 0.1) is 12.3 Å². The highest BCUT2D eigenvalue weighted by Gasteiger charge is 2.27. The molecule has 1 aromatic heterocycles. The average molecular weight is 517 g/mol. The van der Waals surface area contributed by atoms with E-state index in [1.165, 1.54) is 6.07 Å². The Morgan fingerprint density at radius 1 is 1.08 bits per heavy atom. The van der Waals surface area contributed by atoms with E-state index in [4.69, 9.17) is 21.0 Å². The molecule has 1 aliphatic heterocycles. The molecule has 0 saturated heterocycles. The number of hydrogen-bond acceptors (Lipinski definition) is 6. The predicted octanol–water partition coefficient (Wildman–Crippen LogP) is 2.70. The van der Waals surface area contributed by atoms with Gasteiger partial charge in [0.15, 0.2) is 6.61 Å². The molecule has 0 unspecified atom stereocenters. The maximum absolute atomic E-state index is 12.8. The van der Waals surface area contributed by atoms with Gasteiger partial charge in [-0.1, -0.05) is 36.4 Å². The summed E-state index contributed by atoms with van der Waals surface area (Å²) in [5, 5.41) is 17.8. The monoisotopic (exact) mass is 516 g/mol. The van der Waals surface area contributed by atoms with Crippen LogP contribution >= 0.6 is 0 Å². The summed E-state index contributed by atoms with van der Waals surface area (Å²) in [6.07, 6.45) is 0. The van der Waals surface area contributed by atoms with Crippen molar-refractivity contribution in [1.29, 1.82) is 5.41 Å². The normalized spacial score (nSPS) is 13.2. The number of anilines is 1. The van der Waals surface area contributed by atoms with E-state index in [0.717, 1.165) is 11.4 Å². The van der Waals surface area contributed by atoms with Gasteiger partial charge >= 0.3 is 0 Å². The minimum absolute atomic E-state index is 0.00792. The van der Waals surface area contributed by atoms with Gasteiger partial charge in [0, 0.05) is 16.8 Å². The number of fused-ring (bicyclic) bond motifs is 1. The highest BCUT2D eigenvalue weighted by molar-refractivity contribution is 7.89. The number of carbonyl (C=O) groups is 1. The molecule has 0 aliphatic carbocycles. The molecule has 10 nitrogen and oxygen atoms in total. The summed E-state index contributed by atoms with van der Waals surface area (Å²) in [4.78, 5) is 14.4. The van der Waals surface area contributed by atoms with Crippen LogP contribution in [-0.2, 0) is 21.4 Å². The van der Waals surface area contributed by atoms with Crippen LogP contribution in [0.1, 0.15) is 17.0 Å². The molecular weight excluding hydrogens is 492 g/mol. The smallest absolute Gasteiger partial charge is 0.265 e. The van der Waals surface area contributed by atoms with E-state index in [1.807, 2.05) is 19.1 Å². The van der Waals surface area contributed by atoms with E-state index in [0.29, 0.717) is 33.8 Å². The van der Waals surface area contributed by atoms with Gasteiger partial charge in [0.2, 0.25) is 10.0 Å². The minimum atomic E-state index is -3.93. The van der Waals surface area contributed by atoms with Crippen molar-refractivity contribution < 1.29 is 17.9 Å². The fourth-order valence-corrected chi connectivity index (χ4v) is 5.10. The minimum Gasteiger partial charge on any atom is -0.482 e. The Hall–Kier alpha value is -4.48. The Morgan fingerprint density at radius 2 is 1.86 bits per heavy atom. The highest BCUT2D eigenvalue weighted by Crippen LogP contribution is 2.38. The van der Waals surface area contributed by atoms with E-state index < -0.39 is 10.0 Å². The quantitative estimate of drug-likeness (QED) is 0.264. The number of nitrogens with one attached hydrogen (secondary N) is 1. The van der Waals surface area contributed by atoms with Gasteiger partial charge in [-0.05, 0) is 48.9 Å². The summed E-state index contributed by atoms with van der Waals surface area (Å²) >= 11 is 0. The van der Waals surface area contributed by atoms with Crippen molar-refractivity contribution in [3.8, 4) is 22.6 Å². The van der Waals surface area contributed by atoms with Crippen LogP contribution in [0.25, 0.3) is 16.8 Å². The maximum atomic E-state index is 12.8. The Labute approximate surface area is 213 Å². The van der Waals surface area contributed by atoms with Crippen LogP contribution < -0.4 is 20.5 Å². The molecule has 1 amide bonds. The van der Waals surface area contributed by atoms with Gasteiger partial charge in [-0.2, -0.15) is 5.10 Å². The van der Waals surface area contributed by atoms with Gasteiger partial charge in [0.25, 0.3) is 5.91 Å². The number of aromatic nitrogens is 2. The number of amides is 1. The van der Waals surface area contributed by atoms with Crippen molar-refractivity contribution in [2.75, 3.05) is 11.5 Å². The molecule has 2 heterocycles. The number of hydrogen-bond donors (Lipinski definition) is 3. The predicted molar refractivity (Wildman–Crippen MR) is 139 cm³/mol. The second kappa shape index (κ2) is 9.19. The fraction of sp³-hybridized carbons (Fsp3) is 0.115. The summed E-state index contributed by atoms with van der Waals surface area (Å²) in [6, 6.07) is 20.7. The largest absolute Gasteiger partial charge is 0.482 e. The van der Waals surface area contributed by atoms with Crippen LogP contribution in [-0.4, -0.2) is 36.5 Å². The third kappa shape index (κ3) is 4.69. The van der Waals surface area contributed by atoms with Gasteiger partial charge in [-0.3, -0.25) is 15.1 Å². The number of aryl methyl sites for hydroxylation is 1. The number of amidine groups is 1. The summed E-state index contributed by atoms with van der Waals surface area (Å²) in [7, 11) is -3.93. The Bertz CT molecular complexity index is 1660. The van der Waals surface area contributed by atoms with Crippen molar-refractivity contribution in [3.05, 3.63) is 89.7 Å². The van der Waals surface area contributed by atoms with Crippen LogP contribution in [0.3, 0.4) is 0 Å². The lowest BCUT2D eigenvalue weighted by molar-refractivity contribution is -0.121. The maximum Gasteiger partial charge on any atom is 0.265 e. The molecule has 0 radical (unpaired) electrons. The van der Waals surface area contributed by atoms with Crippen molar-refractivity contribution >= 4 is 27.5 Å². The van der Waals surface area contributed by atoms with Gasteiger partial charge in [-0.25, -0.2) is 18.2 Å². The molecule has 5 rings (SSSR count). The van der Waals surface area contributed by atoms with E-state index in [2.05, 4.69) is 5.10 Å². The molecule has 0 atom stereocenters. The van der Waals surface area contributed by atoms with E-state index >= 15 is 0 Å². The molecule has 37 heavy (non-hydrogen) atoms. The number of primary sulfonamides is 1. The molecule has 5 N–H and O–H groups in total. The molecule has 4 aromatic rings. The van der Waals surface area contributed by atoms with Crippen molar-refractivity contribution in [2.24, 2.45) is 10.9 Å². The first-order valence-electron chi connectivity index (χ1n) is 11.3. The number of sulfonamides is 1. The molecule has 0 bridgehead atoms. The number of ether oxygens (including phenoxy) is 1. The SMILES string of the molecule is Cc1cc(CN2C(=O)COc3cc(-c4ccccc4S(N)(=O)=O)ccc32)nn1-c1cccc(C(=N)N)c1. The van der Waals surface area contributed by atoms with Gasteiger partial charge in [0.05, 0.1) is 28.5 Å². The number of nitrogens with zero attached hydrogens (tertiary/aromatic N) is 3. The standard InChI is InChI=1S/C26H24N6O4S/c1-16-11-19(30-32(16)20-6-4-5-18(12-20)26(27)28)14-31-22-10-9-17(13-23(22)36-15-25(31)33)21-7-2-3-8-24(21)37(29,34)35/h2-13H,14-15H2,1H3,(H3,27,28)(H2,29,34,35). The molecular formula is C26H24N6O4S. The Morgan fingerprint density at radius 3 is 2.62 bits per heavy atom. The van der Waals surface area contributed by atoms with Gasteiger partial charge < -0.3 is 10.5 Å². The van der Waals surface area contributed by atoms with Crippen molar-refractivity contribution in [2.45, 2.75) is 18.4 Å². The molecule has 11 heteroatoms. The van der Waals surface area contributed by atoms with Crippen molar-refractivity contribution in [3.63, 3.8) is 0 Å². The topological polar surface area (TPSA) is 157 Å². The van der Waals surface area contributed by atoms with E-state index in [-0.39, 0.29) is 29.8 Å². The zero-order valence-electron chi connectivity index (χ0n) is 19.9. The average Bonchev–Trinajstić information content (AvgIpc) is 3.25. The summed E-state index contributed by atoms with van der Waals surface area (Å²) < 4.78 is 31.6. The highest BCUT2D eigenvalue weighted by atomic mass is 32.2. The number of rotatable bonds is 6. The third-order valence-corrected chi connectivity index (χ3v) is 7.04. The molecule has 3 aromatic carbocycles. The van der Waals surface area contributed by atoms with Crippen LogP contribution in [0.15, 0.2) is 77.7 Å². The third-order valence-electron chi connectivity index (χ3n) is 6.07. The number of nitrogen functional groups attached to an aromatic ring is 1. The zero-order chi connectivity index (χ0) is 26.3. The molecule has 1 aliphatic rings. The van der Waals surface area contributed by atoms with Crippen LogP contribution in [0.2, 0.25) is 0 Å². The molecule has 0 saturated carbocycles.